The molecule has 2 fully saturated rings. The number of rotatable bonds is 8. The second kappa shape index (κ2) is 12.4. The van der Waals surface area contributed by atoms with E-state index < -0.39 is 5.97 Å². The molecule has 2 aromatic carbocycles. The smallest absolute Gasteiger partial charge is 0.335 e. The molecule has 9 heteroatoms. The fourth-order valence-electron chi connectivity index (χ4n) is 5.58. The maximum Gasteiger partial charge on any atom is 0.335 e. The van der Waals surface area contributed by atoms with Crippen molar-refractivity contribution < 1.29 is 19.4 Å². The molecule has 0 spiro atoms. The van der Waals surface area contributed by atoms with Crippen LogP contribution in [-0.4, -0.2) is 62.6 Å². The summed E-state index contributed by atoms with van der Waals surface area (Å²) in [6.07, 6.45) is 5.51. The third-order valence-corrected chi connectivity index (χ3v) is 7.82. The van der Waals surface area contributed by atoms with Gasteiger partial charge < -0.3 is 19.5 Å². The summed E-state index contributed by atoms with van der Waals surface area (Å²) in [6, 6.07) is 25.7. The topological polar surface area (TPSA) is 100 Å². The highest BCUT2D eigenvalue weighted by atomic mass is 16.5. The molecule has 0 bridgehead atoms. The van der Waals surface area contributed by atoms with Crippen LogP contribution in [0, 0.1) is 6.92 Å². The van der Waals surface area contributed by atoms with Gasteiger partial charge >= 0.3 is 5.97 Å². The average molecular weight is 564 g/mol. The molecule has 4 heterocycles. The minimum atomic E-state index is -0.966. The van der Waals surface area contributed by atoms with Crippen LogP contribution in [0.5, 0.6) is 11.6 Å². The number of carboxylic acid groups (broad SMARTS) is 1. The molecule has 0 saturated carbocycles. The SMILES string of the molecule is Cc1nc(Oc2ccc(C(=O)O)cc2)ccc1CN1CCC(N2C(=Nc3cccnc3)OCC2c2ccccc2)CC1. The van der Waals surface area contributed by atoms with Gasteiger partial charge in [0.15, 0.2) is 0 Å². The highest BCUT2D eigenvalue weighted by molar-refractivity contribution is 5.87. The number of aromatic nitrogens is 2. The van der Waals surface area contributed by atoms with E-state index in [0.29, 0.717) is 30.3 Å². The van der Waals surface area contributed by atoms with Crippen LogP contribution in [0.1, 0.15) is 46.1 Å². The van der Waals surface area contributed by atoms with Crippen LogP contribution in [-0.2, 0) is 11.3 Å². The summed E-state index contributed by atoms with van der Waals surface area (Å²) in [7, 11) is 0. The number of hydrogen-bond acceptors (Lipinski definition) is 7. The van der Waals surface area contributed by atoms with E-state index in [9.17, 15) is 4.79 Å². The lowest BCUT2D eigenvalue weighted by Gasteiger charge is -2.39. The molecule has 0 amide bonds. The molecule has 2 saturated heterocycles. The molecule has 1 N–H and O–H groups in total. The number of ether oxygens (including phenoxy) is 2. The van der Waals surface area contributed by atoms with Crippen molar-refractivity contribution in [1.82, 2.24) is 19.8 Å². The molecule has 0 radical (unpaired) electrons. The predicted molar refractivity (Wildman–Crippen MR) is 159 cm³/mol. The van der Waals surface area contributed by atoms with Crippen LogP contribution in [0.3, 0.4) is 0 Å². The number of aromatic carboxylic acids is 1. The predicted octanol–water partition coefficient (Wildman–Crippen LogP) is 6.00. The Morgan fingerprint density at radius 1 is 1.02 bits per heavy atom. The highest BCUT2D eigenvalue weighted by Crippen LogP contribution is 2.34. The molecule has 2 aliphatic rings. The summed E-state index contributed by atoms with van der Waals surface area (Å²) >= 11 is 0. The van der Waals surface area contributed by atoms with E-state index >= 15 is 0 Å². The molecule has 1 atom stereocenters. The Morgan fingerprint density at radius 2 is 1.81 bits per heavy atom. The van der Waals surface area contributed by atoms with Crippen LogP contribution in [0.25, 0.3) is 0 Å². The third-order valence-electron chi connectivity index (χ3n) is 7.82. The molecule has 9 nitrogen and oxygen atoms in total. The van der Waals surface area contributed by atoms with Gasteiger partial charge in [-0.3, -0.25) is 9.88 Å². The summed E-state index contributed by atoms with van der Waals surface area (Å²) < 4.78 is 12.0. The zero-order chi connectivity index (χ0) is 28.9. The Hall–Kier alpha value is -4.76. The van der Waals surface area contributed by atoms with Crippen molar-refractivity contribution in [3.63, 3.8) is 0 Å². The molecular weight excluding hydrogens is 530 g/mol. The molecular formula is C33H33N5O4. The van der Waals surface area contributed by atoms with Gasteiger partial charge in [-0.2, -0.15) is 4.99 Å². The second-order valence-electron chi connectivity index (χ2n) is 10.6. The maximum atomic E-state index is 11.1. The largest absolute Gasteiger partial charge is 0.478 e. The Balaban J connectivity index is 1.11. The van der Waals surface area contributed by atoms with E-state index in [-0.39, 0.29) is 11.6 Å². The van der Waals surface area contributed by atoms with Crippen LogP contribution in [0.15, 0.2) is 96.2 Å². The lowest BCUT2D eigenvalue weighted by molar-refractivity contribution is 0.0697. The second-order valence-corrected chi connectivity index (χ2v) is 10.6. The van der Waals surface area contributed by atoms with Crippen molar-refractivity contribution in [1.29, 1.82) is 0 Å². The molecule has 2 aromatic heterocycles. The lowest BCUT2D eigenvalue weighted by atomic mass is 9.98. The van der Waals surface area contributed by atoms with Crippen molar-refractivity contribution in [2.75, 3.05) is 19.7 Å². The Kier molecular flexibility index (Phi) is 8.09. The summed E-state index contributed by atoms with van der Waals surface area (Å²) in [5, 5.41) is 9.09. The number of pyridine rings is 2. The lowest BCUT2D eigenvalue weighted by Crippen LogP contribution is -2.46. The van der Waals surface area contributed by atoms with Gasteiger partial charge in [-0.25, -0.2) is 9.78 Å². The number of amidine groups is 1. The van der Waals surface area contributed by atoms with Gasteiger partial charge in [0.05, 0.1) is 23.5 Å². The molecule has 42 heavy (non-hydrogen) atoms. The van der Waals surface area contributed by atoms with E-state index in [1.165, 1.54) is 17.7 Å². The van der Waals surface area contributed by atoms with Gasteiger partial charge in [-0.1, -0.05) is 36.4 Å². The van der Waals surface area contributed by atoms with Crippen molar-refractivity contribution in [3.8, 4) is 11.6 Å². The van der Waals surface area contributed by atoms with Crippen LogP contribution < -0.4 is 4.74 Å². The fourth-order valence-corrected chi connectivity index (χ4v) is 5.58. The first-order chi connectivity index (χ1) is 20.5. The molecule has 6 rings (SSSR count). The van der Waals surface area contributed by atoms with Gasteiger partial charge in [-0.15, -0.1) is 0 Å². The first kappa shape index (κ1) is 27.4. The van der Waals surface area contributed by atoms with E-state index in [0.717, 1.165) is 49.4 Å². The van der Waals surface area contributed by atoms with E-state index in [1.54, 1.807) is 24.5 Å². The highest BCUT2D eigenvalue weighted by Gasteiger charge is 2.39. The number of aryl methyl sites for hydroxylation is 1. The summed E-state index contributed by atoms with van der Waals surface area (Å²) in [6.45, 7) is 5.29. The van der Waals surface area contributed by atoms with Crippen molar-refractivity contribution in [2.24, 2.45) is 4.99 Å². The number of piperidine rings is 1. The van der Waals surface area contributed by atoms with Crippen molar-refractivity contribution in [2.45, 2.75) is 38.4 Å². The number of likely N-dealkylation sites (tertiary alicyclic amines) is 1. The molecule has 0 aliphatic carbocycles. The Labute approximate surface area is 245 Å². The van der Waals surface area contributed by atoms with E-state index in [1.807, 2.05) is 31.2 Å². The number of aliphatic imine (C=N–C) groups is 1. The van der Waals surface area contributed by atoms with E-state index in [2.05, 4.69) is 50.1 Å². The molecule has 1 unspecified atom stereocenters. The number of carboxylic acids is 1. The quantitative estimate of drug-likeness (QED) is 0.279. The first-order valence-electron chi connectivity index (χ1n) is 14.2. The van der Waals surface area contributed by atoms with E-state index in [4.69, 9.17) is 19.6 Å². The zero-order valence-corrected chi connectivity index (χ0v) is 23.5. The number of nitrogens with zero attached hydrogens (tertiary/aromatic N) is 5. The molecule has 214 valence electrons. The van der Waals surface area contributed by atoms with Gasteiger partial charge in [0.2, 0.25) is 5.88 Å². The standard InChI is InChI=1S/C33H33N5O4/c1-23-26(11-14-31(35-23)42-29-12-9-25(10-13-29)32(39)40)21-37-18-15-28(16-19-37)38-30(24-6-3-2-4-7-24)22-41-33(38)36-27-8-5-17-34-20-27/h2-14,17,20,28,30H,15-16,18-19,21-22H2,1H3,(H,39,40). The van der Waals surface area contributed by atoms with Crippen molar-refractivity contribution >= 4 is 17.7 Å². The maximum absolute atomic E-state index is 11.1. The number of carbonyl (C=O) groups is 1. The minimum Gasteiger partial charge on any atom is -0.478 e. The Morgan fingerprint density at radius 3 is 2.50 bits per heavy atom. The molecule has 4 aromatic rings. The van der Waals surface area contributed by atoms with Crippen molar-refractivity contribution in [3.05, 3.63) is 114 Å². The third kappa shape index (κ3) is 6.26. The van der Waals surface area contributed by atoms with Gasteiger partial charge in [0.1, 0.15) is 12.4 Å². The number of benzene rings is 2. The van der Waals surface area contributed by atoms with Gasteiger partial charge in [0.25, 0.3) is 6.02 Å². The van der Waals surface area contributed by atoms with Gasteiger partial charge in [-0.05, 0) is 67.3 Å². The minimum absolute atomic E-state index is 0.123. The zero-order valence-electron chi connectivity index (χ0n) is 23.5. The normalized spacial score (nSPS) is 18.6. The van der Waals surface area contributed by atoms with Gasteiger partial charge in [0, 0.05) is 43.6 Å². The van der Waals surface area contributed by atoms with Crippen LogP contribution in [0.2, 0.25) is 0 Å². The summed E-state index contributed by atoms with van der Waals surface area (Å²) in [5.41, 5.74) is 4.32. The van der Waals surface area contributed by atoms with Crippen LogP contribution in [0.4, 0.5) is 5.69 Å². The first-order valence-corrected chi connectivity index (χ1v) is 14.2. The average Bonchev–Trinajstić information content (AvgIpc) is 3.43. The fraction of sp³-hybridized carbons (Fsp3) is 0.273. The summed E-state index contributed by atoms with van der Waals surface area (Å²) in [4.78, 5) is 29.6. The Bertz CT molecular complexity index is 1540. The van der Waals surface area contributed by atoms with Crippen LogP contribution >= 0.6 is 0 Å². The summed E-state index contributed by atoms with van der Waals surface area (Å²) in [5.74, 6) is 0.0688. The molecule has 2 aliphatic heterocycles. The monoisotopic (exact) mass is 563 g/mol. The number of hydrogen-bond donors (Lipinski definition) is 1.